The number of hydrogen-bond acceptors (Lipinski definition) is 4. The van der Waals surface area contributed by atoms with E-state index in [1.807, 2.05) is 47.1 Å². The summed E-state index contributed by atoms with van der Waals surface area (Å²) in [5.74, 6) is 0.776. The third-order valence-electron chi connectivity index (χ3n) is 8.33. The van der Waals surface area contributed by atoms with Gasteiger partial charge in [0.05, 0.1) is 0 Å². The molecule has 4 rings (SSSR count). The lowest BCUT2D eigenvalue weighted by molar-refractivity contribution is -0.133. The average molecular weight is 568 g/mol. The summed E-state index contributed by atoms with van der Waals surface area (Å²) in [5.41, 5.74) is 9.02. The van der Waals surface area contributed by atoms with Crippen LogP contribution in [0.2, 0.25) is 5.02 Å². The van der Waals surface area contributed by atoms with Gasteiger partial charge in [-0.1, -0.05) is 29.8 Å². The number of halogens is 1. The molecule has 0 spiro atoms. The van der Waals surface area contributed by atoms with Crippen molar-refractivity contribution in [2.45, 2.75) is 52.4 Å². The van der Waals surface area contributed by atoms with Crippen LogP contribution in [0.1, 0.15) is 50.2 Å². The molecule has 0 radical (unpaired) electrons. The first-order valence-corrected chi connectivity index (χ1v) is 14.8. The zero-order chi connectivity index (χ0) is 28.6. The predicted octanol–water partition coefficient (Wildman–Crippen LogP) is 5.08. The maximum absolute atomic E-state index is 13.7. The van der Waals surface area contributed by atoms with Crippen LogP contribution in [0.15, 0.2) is 42.5 Å². The van der Waals surface area contributed by atoms with Crippen molar-refractivity contribution in [2.75, 3.05) is 49.5 Å². The summed E-state index contributed by atoms with van der Waals surface area (Å²) < 4.78 is 0. The number of nitrogens with one attached hydrogen (secondary N) is 1. The fourth-order valence-electron chi connectivity index (χ4n) is 5.84. The van der Waals surface area contributed by atoms with Crippen LogP contribution < -0.4 is 16.0 Å². The van der Waals surface area contributed by atoms with Gasteiger partial charge in [-0.15, -0.1) is 0 Å². The predicted molar refractivity (Wildman–Crippen MR) is 161 cm³/mol. The zero-order valence-electron chi connectivity index (χ0n) is 23.7. The minimum atomic E-state index is -0.551. The molecular weight excluding hydrogens is 526 g/mol. The third-order valence-corrected chi connectivity index (χ3v) is 8.74. The minimum absolute atomic E-state index is 0.0762. The van der Waals surface area contributed by atoms with Crippen molar-refractivity contribution >= 4 is 40.8 Å². The molecule has 2 heterocycles. The number of nitrogens with two attached hydrogens (primary N) is 1. The number of benzene rings is 2. The maximum atomic E-state index is 13.7. The van der Waals surface area contributed by atoms with E-state index in [9.17, 15) is 14.4 Å². The van der Waals surface area contributed by atoms with Crippen LogP contribution in [0, 0.1) is 18.8 Å². The molecule has 0 saturated carbocycles. The summed E-state index contributed by atoms with van der Waals surface area (Å²) in [6.07, 6.45) is 5.61. The van der Waals surface area contributed by atoms with Crippen molar-refractivity contribution in [1.29, 1.82) is 0 Å². The molecule has 8 nitrogen and oxygen atoms in total. The molecule has 0 aliphatic carbocycles. The largest absolute Gasteiger partial charge is 0.351 e. The number of urea groups is 1. The molecule has 0 aromatic heterocycles. The van der Waals surface area contributed by atoms with Gasteiger partial charge < -0.3 is 25.8 Å². The Morgan fingerprint density at radius 3 is 2.27 bits per heavy atom. The van der Waals surface area contributed by atoms with E-state index < -0.39 is 6.03 Å². The molecule has 216 valence electrons. The number of carbonyl (C=O) groups excluding carboxylic acids is 3. The minimum Gasteiger partial charge on any atom is -0.351 e. The number of hydrogen-bond donors (Lipinski definition) is 2. The fourth-order valence-corrected chi connectivity index (χ4v) is 6.02. The number of aryl methyl sites for hydroxylation is 1. The summed E-state index contributed by atoms with van der Waals surface area (Å²) in [6, 6.07) is 13.2. The van der Waals surface area contributed by atoms with Crippen LogP contribution in [0.5, 0.6) is 0 Å². The smallest absolute Gasteiger partial charge is 0.316 e. The quantitative estimate of drug-likeness (QED) is 0.441. The molecular formula is C31H42ClN5O3. The number of anilines is 2. The Morgan fingerprint density at radius 1 is 1.00 bits per heavy atom. The summed E-state index contributed by atoms with van der Waals surface area (Å²) in [5, 5.41) is 3.27. The zero-order valence-corrected chi connectivity index (χ0v) is 24.5. The Balaban J connectivity index is 1.28. The first-order chi connectivity index (χ1) is 19.2. The van der Waals surface area contributed by atoms with E-state index in [0.29, 0.717) is 49.1 Å². The van der Waals surface area contributed by atoms with Crippen molar-refractivity contribution in [1.82, 2.24) is 9.80 Å². The van der Waals surface area contributed by atoms with Crippen molar-refractivity contribution in [3.05, 3.63) is 58.6 Å². The molecule has 0 bridgehead atoms. The molecule has 2 fully saturated rings. The first-order valence-electron chi connectivity index (χ1n) is 14.4. The summed E-state index contributed by atoms with van der Waals surface area (Å²) in [6.45, 7) is 8.54. The molecule has 2 saturated heterocycles. The molecule has 2 aromatic rings. The fraction of sp³-hybridized carbons (Fsp3) is 0.516. The Labute approximate surface area is 242 Å². The Hall–Kier alpha value is -3.10. The van der Waals surface area contributed by atoms with Crippen LogP contribution in [-0.2, 0) is 16.0 Å². The summed E-state index contributed by atoms with van der Waals surface area (Å²) >= 11 is 6.45. The normalized spacial score (nSPS) is 17.0. The van der Waals surface area contributed by atoms with Gasteiger partial charge in [0.25, 0.3) is 0 Å². The van der Waals surface area contributed by atoms with Gasteiger partial charge in [-0.05, 0) is 106 Å². The van der Waals surface area contributed by atoms with Gasteiger partial charge in [-0.2, -0.15) is 0 Å². The van der Waals surface area contributed by atoms with Gasteiger partial charge in [0, 0.05) is 48.9 Å². The first kappa shape index (κ1) is 29.9. The van der Waals surface area contributed by atoms with Crippen LogP contribution in [0.3, 0.4) is 0 Å². The third kappa shape index (κ3) is 8.21. The molecule has 3 N–H and O–H groups in total. The number of likely N-dealkylation sites (tertiary alicyclic amines) is 2. The summed E-state index contributed by atoms with van der Waals surface area (Å²) in [7, 11) is 0. The number of nitrogens with zero attached hydrogens (tertiary/aromatic N) is 3. The van der Waals surface area contributed by atoms with Crippen molar-refractivity contribution in [3.8, 4) is 0 Å². The van der Waals surface area contributed by atoms with E-state index in [-0.39, 0.29) is 17.7 Å². The van der Waals surface area contributed by atoms with E-state index in [0.717, 1.165) is 56.6 Å². The SMILES string of the molecule is CC(=O)N1CCC(C(=O)N(CCCN2CCC(Cc3ccc(NC(N)=O)cc3)CC2)c2ccc(C)c(Cl)c2)CC1. The van der Waals surface area contributed by atoms with Gasteiger partial charge >= 0.3 is 6.03 Å². The molecule has 2 aromatic carbocycles. The van der Waals surface area contributed by atoms with Crippen LogP contribution in [0.25, 0.3) is 0 Å². The van der Waals surface area contributed by atoms with E-state index in [1.54, 1.807) is 6.92 Å². The lowest BCUT2D eigenvalue weighted by atomic mass is 9.90. The van der Waals surface area contributed by atoms with E-state index in [1.165, 1.54) is 5.56 Å². The Morgan fingerprint density at radius 2 is 1.68 bits per heavy atom. The molecule has 4 amide bonds. The number of amides is 4. The van der Waals surface area contributed by atoms with E-state index in [4.69, 9.17) is 17.3 Å². The second-order valence-electron chi connectivity index (χ2n) is 11.2. The van der Waals surface area contributed by atoms with Crippen molar-refractivity contribution in [3.63, 3.8) is 0 Å². The maximum Gasteiger partial charge on any atom is 0.316 e. The standard InChI is InChI=1S/C31H42ClN5O3/c1-22-4-9-28(21-29(22)32)37(30(39)26-12-18-36(19-13-26)23(2)38)15-3-14-35-16-10-25(11-17-35)20-24-5-7-27(8-6-24)34-31(33)40/h4-9,21,25-26H,3,10-20H2,1-2H3,(H3,33,34,40). The second-order valence-corrected chi connectivity index (χ2v) is 11.6. The highest BCUT2D eigenvalue weighted by Crippen LogP contribution is 2.28. The Kier molecular flexibility index (Phi) is 10.5. The van der Waals surface area contributed by atoms with E-state index in [2.05, 4.69) is 22.3 Å². The van der Waals surface area contributed by atoms with Crippen molar-refractivity contribution < 1.29 is 14.4 Å². The molecule has 2 aliphatic heterocycles. The van der Waals surface area contributed by atoms with Gasteiger partial charge in [-0.25, -0.2) is 4.79 Å². The van der Waals surface area contributed by atoms with Gasteiger partial charge in [-0.3, -0.25) is 9.59 Å². The molecule has 0 atom stereocenters. The number of piperidine rings is 2. The van der Waals surface area contributed by atoms with Gasteiger partial charge in [0.15, 0.2) is 0 Å². The summed E-state index contributed by atoms with van der Waals surface area (Å²) in [4.78, 5) is 42.7. The molecule has 0 unspecified atom stereocenters. The van der Waals surface area contributed by atoms with Crippen molar-refractivity contribution in [2.24, 2.45) is 17.6 Å². The highest BCUT2D eigenvalue weighted by molar-refractivity contribution is 6.31. The van der Waals surface area contributed by atoms with Crippen LogP contribution in [0.4, 0.5) is 16.2 Å². The number of primary amides is 1. The highest BCUT2D eigenvalue weighted by Gasteiger charge is 2.30. The van der Waals surface area contributed by atoms with Crippen LogP contribution >= 0.6 is 11.6 Å². The number of rotatable bonds is 9. The second kappa shape index (κ2) is 14.0. The monoisotopic (exact) mass is 567 g/mol. The number of carbonyl (C=O) groups is 3. The highest BCUT2D eigenvalue weighted by atomic mass is 35.5. The van der Waals surface area contributed by atoms with Gasteiger partial charge in [0.2, 0.25) is 11.8 Å². The molecule has 40 heavy (non-hydrogen) atoms. The topological polar surface area (TPSA) is 99.0 Å². The Bertz CT molecular complexity index is 1170. The van der Waals surface area contributed by atoms with E-state index >= 15 is 0 Å². The lowest BCUT2D eigenvalue weighted by Gasteiger charge is -2.35. The van der Waals surface area contributed by atoms with Crippen LogP contribution in [-0.4, -0.2) is 66.9 Å². The molecule has 9 heteroatoms. The average Bonchev–Trinajstić information content (AvgIpc) is 2.94. The molecule has 2 aliphatic rings. The van der Waals surface area contributed by atoms with Gasteiger partial charge in [0.1, 0.15) is 0 Å². The lowest BCUT2D eigenvalue weighted by Crippen LogP contribution is -2.45.